The van der Waals surface area contributed by atoms with Crippen molar-refractivity contribution in [2.24, 2.45) is 5.73 Å². The Hall–Kier alpha value is -4.08. The lowest BCUT2D eigenvalue weighted by Crippen LogP contribution is -2.16. The average molecular weight is 399 g/mol. The summed E-state index contributed by atoms with van der Waals surface area (Å²) in [7, 11) is 0. The smallest absolute Gasteiger partial charge is 0.411 e. The number of rotatable bonds is 6. The molecule has 0 radical (unpaired) electrons. The van der Waals surface area contributed by atoms with Gasteiger partial charge in [0, 0.05) is 29.0 Å². The zero-order chi connectivity index (χ0) is 21.3. The molecule has 0 atom stereocenters. The van der Waals surface area contributed by atoms with Crippen molar-refractivity contribution in [1.82, 2.24) is 0 Å². The van der Waals surface area contributed by atoms with E-state index in [2.05, 4.69) is 16.6 Å². The lowest BCUT2D eigenvalue weighted by Gasteiger charge is -2.11. The molecule has 150 valence electrons. The molecular formula is C24H21N3O3. The largest absolute Gasteiger partial charge is 0.444 e. The molecule has 6 heteroatoms. The molecule has 3 rings (SSSR count). The second kappa shape index (κ2) is 9.92. The van der Waals surface area contributed by atoms with Gasteiger partial charge in [-0.1, -0.05) is 48.4 Å². The Kier molecular flexibility index (Phi) is 6.83. The van der Waals surface area contributed by atoms with Crippen LogP contribution in [-0.2, 0) is 17.9 Å². The van der Waals surface area contributed by atoms with E-state index in [9.17, 15) is 9.59 Å². The molecule has 0 saturated carbocycles. The third-order valence-corrected chi connectivity index (χ3v) is 4.24. The number of nitrogens with one attached hydrogen (secondary N) is 2. The first kappa shape index (κ1) is 20.6. The van der Waals surface area contributed by atoms with E-state index in [4.69, 9.17) is 16.9 Å². The Balaban J connectivity index is 1.70. The highest BCUT2D eigenvalue weighted by Gasteiger charge is 2.11. The maximum Gasteiger partial charge on any atom is 0.411 e. The molecule has 0 bridgehead atoms. The highest BCUT2D eigenvalue weighted by molar-refractivity contribution is 6.05. The van der Waals surface area contributed by atoms with Gasteiger partial charge < -0.3 is 15.8 Å². The standard InChI is InChI=1S/C24H21N3O3/c1-2-17-11-20(23(28)26-21-10-6-9-19(13-21)15-25)14-22(12-17)27-24(29)30-16-18-7-4-3-5-8-18/h1,3-14H,15-16,25H2,(H,26,28)(H,27,29). The second-order valence-corrected chi connectivity index (χ2v) is 6.49. The molecular weight excluding hydrogens is 378 g/mol. The minimum absolute atomic E-state index is 0.131. The van der Waals surface area contributed by atoms with E-state index in [1.807, 2.05) is 42.5 Å². The summed E-state index contributed by atoms with van der Waals surface area (Å²) in [5.41, 5.74) is 9.15. The third kappa shape index (κ3) is 5.71. The van der Waals surface area contributed by atoms with Crippen LogP contribution < -0.4 is 16.4 Å². The molecule has 0 heterocycles. The summed E-state index contributed by atoms with van der Waals surface area (Å²) in [4.78, 5) is 24.8. The predicted octanol–water partition coefficient (Wildman–Crippen LogP) is 4.13. The van der Waals surface area contributed by atoms with Crippen molar-refractivity contribution in [3.8, 4) is 12.3 Å². The monoisotopic (exact) mass is 399 g/mol. The van der Waals surface area contributed by atoms with Crippen LogP contribution >= 0.6 is 0 Å². The molecule has 0 fully saturated rings. The van der Waals surface area contributed by atoms with Crippen molar-refractivity contribution in [1.29, 1.82) is 0 Å². The van der Waals surface area contributed by atoms with Gasteiger partial charge in [-0.2, -0.15) is 0 Å². The topological polar surface area (TPSA) is 93.4 Å². The number of hydrogen-bond donors (Lipinski definition) is 3. The van der Waals surface area contributed by atoms with Crippen LogP contribution in [0.25, 0.3) is 0 Å². The van der Waals surface area contributed by atoms with Crippen molar-refractivity contribution in [3.63, 3.8) is 0 Å². The summed E-state index contributed by atoms with van der Waals surface area (Å²) in [6.07, 6.45) is 4.86. The van der Waals surface area contributed by atoms with Gasteiger partial charge in [-0.05, 0) is 41.5 Å². The van der Waals surface area contributed by atoms with Crippen LogP contribution in [0.4, 0.5) is 16.2 Å². The number of nitrogens with two attached hydrogens (primary N) is 1. The molecule has 0 saturated heterocycles. The molecule has 3 aromatic carbocycles. The van der Waals surface area contributed by atoms with Crippen LogP contribution in [0, 0.1) is 12.3 Å². The highest BCUT2D eigenvalue weighted by Crippen LogP contribution is 2.18. The highest BCUT2D eigenvalue weighted by atomic mass is 16.5. The zero-order valence-corrected chi connectivity index (χ0v) is 16.2. The number of hydrogen-bond acceptors (Lipinski definition) is 4. The predicted molar refractivity (Wildman–Crippen MR) is 117 cm³/mol. The summed E-state index contributed by atoms with van der Waals surface area (Å²) in [5.74, 6) is 2.13. The van der Waals surface area contributed by atoms with Crippen molar-refractivity contribution in [2.45, 2.75) is 13.2 Å². The quantitative estimate of drug-likeness (QED) is 0.544. The van der Waals surface area contributed by atoms with Gasteiger partial charge in [0.05, 0.1) is 0 Å². The van der Waals surface area contributed by atoms with Gasteiger partial charge in [0.15, 0.2) is 0 Å². The fourth-order valence-corrected chi connectivity index (χ4v) is 2.77. The second-order valence-electron chi connectivity index (χ2n) is 6.49. The van der Waals surface area contributed by atoms with Crippen molar-refractivity contribution < 1.29 is 14.3 Å². The number of carbonyl (C=O) groups excluding carboxylic acids is 2. The molecule has 30 heavy (non-hydrogen) atoms. The number of carbonyl (C=O) groups is 2. The Morgan fingerprint density at radius 1 is 0.900 bits per heavy atom. The lowest BCUT2D eigenvalue weighted by atomic mass is 10.1. The van der Waals surface area contributed by atoms with E-state index in [-0.39, 0.29) is 12.5 Å². The molecule has 6 nitrogen and oxygen atoms in total. The number of ether oxygens (including phenoxy) is 1. The van der Waals surface area contributed by atoms with E-state index in [1.165, 1.54) is 6.07 Å². The molecule has 0 aliphatic rings. The van der Waals surface area contributed by atoms with E-state index >= 15 is 0 Å². The number of terminal acetylenes is 1. The van der Waals surface area contributed by atoms with Gasteiger partial charge in [-0.3, -0.25) is 10.1 Å². The summed E-state index contributed by atoms with van der Waals surface area (Å²) in [6, 6.07) is 21.3. The maximum atomic E-state index is 12.7. The summed E-state index contributed by atoms with van der Waals surface area (Å²) in [6.45, 7) is 0.502. The molecule has 4 N–H and O–H groups in total. The Bertz CT molecular complexity index is 1090. The van der Waals surface area contributed by atoms with Gasteiger partial charge in [-0.25, -0.2) is 4.79 Å². The fourth-order valence-electron chi connectivity index (χ4n) is 2.77. The Morgan fingerprint density at radius 2 is 1.67 bits per heavy atom. The summed E-state index contributed by atoms with van der Waals surface area (Å²) >= 11 is 0. The molecule has 0 spiro atoms. The van der Waals surface area contributed by atoms with Gasteiger partial charge in [0.25, 0.3) is 5.91 Å². The third-order valence-electron chi connectivity index (χ3n) is 4.24. The van der Waals surface area contributed by atoms with Crippen molar-refractivity contribution in [2.75, 3.05) is 10.6 Å². The normalized spacial score (nSPS) is 10.0. The molecule has 3 aromatic rings. The number of amides is 2. The van der Waals surface area contributed by atoms with E-state index in [1.54, 1.807) is 24.3 Å². The molecule has 2 amide bonds. The maximum absolute atomic E-state index is 12.7. The molecule has 0 aliphatic carbocycles. The molecule has 0 aliphatic heterocycles. The van der Waals surface area contributed by atoms with E-state index in [0.29, 0.717) is 29.0 Å². The Morgan fingerprint density at radius 3 is 2.40 bits per heavy atom. The van der Waals surface area contributed by atoms with Gasteiger partial charge in [0.1, 0.15) is 6.61 Å². The number of benzene rings is 3. The van der Waals surface area contributed by atoms with Crippen molar-refractivity contribution >= 4 is 23.4 Å². The van der Waals surface area contributed by atoms with Crippen LogP contribution in [0.15, 0.2) is 72.8 Å². The fraction of sp³-hybridized carbons (Fsp3) is 0.0833. The number of anilines is 2. The van der Waals surface area contributed by atoms with Crippen LogP contribution in [-0.4, -0.2) is 12.0 Å². The first-order chi connectivity index (χ1) is 14.6. The first-order valence-corrected chi connectivity index (χ1v) is 9.27. The zero-order valence-electron chi connectivity index (χ0n) is 16.2. The van der Waals surface area contributed by atoms with E-state index < -0.39 is 6.09 Å². The van der Waals surface area contributed by atoms with Gasteiger partial charge >= 0.3 is 6.09 Å². The minimum atomic E-state index is -0.643. The van der Waals surface area contributed by atoms with Crippen LogP contribution in [0.1, 0.15) is 27.0 Å². The Labute approximate surface area is 175 Å². The minimum Gasteiger partial charge on any atom is -0.444 e. The van der Waals surface area contributed by atoms with Crippen LogP contribution in [0.3, 0.4) is 0 Å². The summed E-state index contributed by atoms with van der Waals surface area (Å²) < 4.78 is 5.21. The lowest BCUT2D eigenvalue weighted by molar-refractivity contribution is 0.102. The molecule has 0 aromatic heterocycles. The first-order valence-electron chi connectivity index (χ1n) is 9.27. The SMILES string of the molecule is C#Cc1cc(NC(=O)OCc2ccccc2)cc(C(=O)Nc2cccc(CN)c2)c1. The molecule has 0 unspecified atom stereocenters. The van der Waals surface area contributed by atoms with Crippen LogP contribution in [0.2, 0.25) is 0 Å². The van der Waals surface area contributed by atoms with Crippen LogP contribution in [0.5, 0.6) is 0 Å². The van der Waals surface area contributed by atoms with Gasteiger partial charge in [-0.15, -0.1) is 6.42 Å². The van der Waals surface area contributed by atoms with Crippen molar-refractivity contribution in [3.05, 3.63) is 95.1 Å². The van der Waals surface area contributed by atoms with E-state index in [0.717, 1.165) is 11.1 Å². The average Bonchev–Trinajstić information content (AvgIpc) is 2.78. The summed E-state index contributed by atoms with van der Waals surface area (Å²) in [5, 5.41) is 5.42. The van der Waals surface area contributed by atoms with Gasteiger partial charge in [0.2, 0.25) is 0 Å².